The first-order chi connectivity index (χ1) is 15.4. The van der Waals surface area contributed by atoms with Crippen LogP contribution >= 0.6 is 23.2 Å². The number of nitrogens with zero attached hydrogens (tertiary/aromatic N) is 1. The highest BCUT2D eigenvalue weighted by molar-refractivity contribution is 6.30. The first-order valence-corrected chi connectivity index (χ1v) is 11.3. The molecule has 6 nitrogen and oxygen atoms in total. The van der Waals surface area contributed by atoms with E-state index in [-0.39, 0.29) is 12.8 Å². The first-order valence-electron chi connectivity index (χ1n) is 10.5. The highest BCUT2D eigenvalue weighted by Gasteiger charge is 2.48. The number of aldehydes is 1. The smallest absolute Gasteiger partial charge is 0.326 e. The van der Waals surface area contributed by atoms with E-state index in [0.717, 1.165) is 11.8 Å². The number of halogens is 2. The van der Waals surface area contributed by atoms with Gasteiger partial charge in [-0.3, -0.25) is 4.79 Å². The van der Waals surface area contributed by atoms with E-state index in [1.165, 1.54) is 4.90 Å². The number of carbonyl (C=O) groups is 3. The maximum atomic E-state index is 13.5. The van der Waals surface area contributed by atoms with Crippen LogP contribution in [0.2, 0.25) is 10.0 Å². The molecule has 1 amide bonds. The van der Waals surface area contributed by atoms with E-state index in [1.54, 1.807) is 48.5 Å². The van der Waals surface area contributed by atoms with Crippen molar-refractivity contribution in [1.29, 1.82) is 0 Å². The summed E-state index contributed by atoms with van der Waals surface area (Å²) in [4.78, 5) is 38.2. The second-order valence-electron chi connectivity index (χ2n) is 7.73. The normalized spacial score (nSPS) is 21.9. The summed E-state index contributed by atoms with van der Waals surface area (Å²) in [5.41, 5.74) is 1.46. The molecule has 170 valence electrons. The summed E-state index contributed by atoms with van der Waals surface area (Å²) in [7, 11) is 0. The molecule has 1 fully saturated rings. The SMILES string of the molecule is CCCC(C(=O)O)N1C(=O)[C@H](CCC=O)O[C@@H](c2ccc(Cl)cc2)[C@H]1c1ccc(Cl)cc1. The van der Waals surface area contributed by atoms with Gasteiger partial charge >= 0.3 is 5.97 Å². The molecule has 2 aromatic carbocycles. The van der Waals surface area contributed by atoms with Crippen molar-refractivity contribution in [2.75, 3.05) is 0 Å². The van der Waals surface area contributed by atoms with E-state index >= 15 is 0 Å². The van der Waals surface area contributed by atoms with Crippen LogP contribution in [0.5, 0.6) is 0 Å². The maximum absolute atomic E-state index is 13.5. The van der Waals surface area contributed by atoms with Crippen LogP contribution in [-0.2, 0) is 19.1 Å². The number of rotatable bonds is 9. The molecular formula is C24H25Cl2NO5. The van der Waals surface area contributed by atoms with Crippen LogP contribution in [0.4, 0.5) is 0 Å². The number of carbonyl (C=O) groups excluding carboxylic acids is 2. The minimum absolute atomic E-state index is 0.134. The lowest BCUT2D eigenvalue weighted by Gasteiger charge is -2.47. The fraction of sp³-hybridized carbons (Fsp3) is 0.375. The molecule has 1 N–H and O–H groups in total. The van der Waals surface area contributed by atoms with Crippen molar-refractivity contribution in [2.45, 2.75) is 56.9 Å². The van der Waals surface area contributed by atoms with Gasteiger partial charge in [0.2, 0.25) is 0 Å². The van der Waals surface area contributed by atoms with Crippen LogP contribution in [0.15, 0.2) is 48.5 Å². The molecule has 32 heavy (non-hydrogen) atoms. The Labute approximate surface area is 197 Å². The van der Waals surface area contributed by atoms with Gasteiger partial charge in [-0.25, -0.2) is 4.79 Å². The first kappa shape index (κ1) is 24.2. The van der Waals surface area contributed by atoms with Crippen LogP contribution < -0.4 is 0 Å². The number of carboxylic acids is 1. The van der Waals surface area contributed by atoms with Crippen molar-refractivity contribution in [2.24, 2.45) is 0 Å². The lowest BCUT2D eigenvalue weighted by Crippen LogP contribution is -2.56. The van der Waals surface area contributed by atoms with Gasteiger partial charge in [-0.1, -0.05) is 60.8 Å². The predicted octanol–water partition coefficient (Wildman–Crippen LogP) is 5.24. The molecule has 0 radical (unpaired) electrons. The van der Waals surface area contributed by atoms with Crippen molar-refractivity contribution in [1.82, 2.24) is 4.90 Å². The summed E-state index contributed by atoms with van der Waals surface area (Å²) in [6.07, 6.45) is 0.330. The number of aliphatic carboxylic acids is 1. The molecule has 1 aliphatic heterocycles. The number of amides is 1. The minimum atomic E-state index is -1.08. The second-order valence-corrected chi connectivity index (χ2v) is 8.60. The highest BCUT2D eigenvalue weighted by atomic mass is 35.5. The minimum Gasteiger partial charge on any atom is -0.480 e. The molecule has 0 aromatic heterocycles. The standard InChI is InChI=1S/C24H25Cl2NO5/c1-2-4-19(24(30)31)27-21(15-6-10-17(25)11-7-15)22(16-8-12-18(26)13-9-16)32-20(23(27)29)5-3-14-28/h6-14,19-22H,2-5H2,1H3,(H,30,31)/t19?,20-,21+,22-/m0/s1. The highest BCUT2D eigenvalue weighted by Crippen LogP contribution is 2.44. The zero-order chi connectivity index (χ0) is 23.3. The van der Waals surface area contributed by atoms with Gasteiger partial charge < -0.3 is 19.5 Å². The Morgan fingerprint density at radius 3 is 2.16 bits per heavy atom. The van der Waals surface area contributed by atoms with Crippen LogP contribution in [-0.4, -0.2) is 40.3 Å². The summed E-state index contributed by atoms with van der Waals surface area (Å²) < 4.78 is 6.24. The van der Waals surface area contributed by atoms with Gasteiger partial charge in [0, 0.05) is 16.5 Å². The fourth-order valence-electron chi connectivity index (χ4n) is 4.08. The van der Waals surface area contributed by atoms with Crippen LogP contribution in [0.1, 0.15) is 55.9 Å². The Bertz CT molecular complexity index is 948. The summed E-state index contributed by atoms with van der Waals surface area (Å²) in [6, 6.07) is 12.3. The molecule has 1 heterocycles. The predicted molar refractivity (Wildman–Crippen MR) is 122 cm³/mol. The quantitative estimate of drug-likeness (QED) is 0.499. The van der Waals surface area contributed by atoms with Gasteiger partial charge in [0.25, 0.3) is 5.91 Å². The number of ether oxygens (including phenoxy) is 1. The molecule has 3 rings (SSSR count). The third-order valence-corrected chi connectivity index (χ3v) is 6.07. The number of hydrogen-bond donors (Lipinski definition) is 1. The monoisotopic (exact) mass is 477 g/mol. The summed E-state index contributed by atoms with van der Waals surface area (Å²) in [5, 5.41) is 11.1. The number of carboxylic acid groups (broad SMARTS) is 1. The zero-order valence-corrected chi connectivity index (χ0v) is 19.1. The van der Waals surface area contributed by atoms with E-state index in [4.69, 9.17) is 27.9 Å². The number of morpholine rings is 1. The Kier molecular flexibility index (Phi) is 8.29. The van der Waals surface area contributed by atoms with Gasteiger partial charge in [0.05, 0.1) is 6.04 Å². The van der Waals surface area contributed by atoms with E-state index in [9.17, 15) is 19.5 Å². The van der Waals surface area contributed by atoms with Crippen molar-refractivity contribution in [3.8, 4) is 0 Å². The molecule has 0 spiro atoms. The Morgan fingerprint density at radius 1 is 1.09 bits per heavy atom. The third kappa shape index (κ3) is 5.31. The lowest BCUT2D eigenvalue weighted by molar-refractivity contribution is -0.185. The summed E-state index contributed by atoms with van der Waals surface area (Å²) in [6.45, 7) is 1.87. The van der Waals surface area contributed by atoms with Crippen LogP contribution in [0, 0.1) is 0 Å². The molecule has 0 aliphatic carbocycles. The van der Waals surface area contributed by atoms with Gasteiger partial charge in [0.15, 0.2) is 0 Å². The molecular weight excluding hydrogens is 453 g/mol. The lowest BCUT2D eigenvalue weighted by atomic mass is 9.89. The topological polar surface area (TPSA) is 83.9 Å². The Hall–Kier alpha value is -2.41. The van der Waals surface area contributed by atoms with Gasteiger partial charge in [-0.2, -0.15) is 0 Å². The van der Waals surface area contributed by atoms with Crippen molar-refractivity contribution < 1.29 is 24.2 Å². The summed E-state index contributed by atoms with van der Waals surface area (Å²) in [5.74, 6) is -1.51. The Morgan fingerprint density at radius 2 is 1.66 bits per heavy atom. The summed E-state index contributed by atoms with van der Waals surface area (Å²) >= 11 is 12.1. The third-order valence-electron chi connectivity index (χ3n) is 5.57. The number of hydrogen-bond acceptors (Lipinski definition) is 4. The van der Waals surface area contributed by atoms with E-state index in [2.05, 4.69) is 0 Å². The van der Waals surface area contributed by atoms with Crippen molar-refractivity contribution >= 4 is 41.4 Å². The molecule has 0 saturated carbocycles. The molecule has 4 atom stereocenters. The molecule has 0 bridgehead atoms. The largest absolute Gasteiger partial charge is 0.480 e. The van der Waals surface area contributed by atoms with Crippen molar-refractivity contribution in [3.63, 3.8) is 0 Å². The van der Waals surface area contributed by atoms with Gasteiger partial charge in [-0.15, -0.1) is 0 Å². The molecule has 1 unspecified atom stereocenters. The average molecular weight is 478 g/mol. The van der Waals surface area contributed by atoms with Gasteiger partial charge in [0.1, 0.15) is 24.5 Å². The number of benzene rings is 2. The van der Waals surface area contributed by atoms with E-state index in [0.29, 0.717) is 28.5 Å². The zero-order valence-electron chi connectivity index (χ0n) is 17.6. The fourth-order valence-corrected chi connectivity index (χ4v) is 4.33. The maximum Gasteiger partial charge on any atom is 0.326 e. The molecule has 1 saturated heterocycles. The van der Waals surface area contributed by atoms with Crippen molar-refractivity contribution in [3.05, 3.63) is 69.7 Å². The van der Waals surface area contributed by atoms with E-state index in [1.807, 2.05) is 6.92 Å². The van der Waals surface area contributed by atoms with Crippen LogP contribution in [0.3, 0.4) is 0 Å². The Balaban J connectivity index is 2.17. The molecule has 8 heteroatoms. The second kappa shape index (κ2) is 10.9. The molecule has 1 aliphatic rings. The van der Waals surface area contributed by atoms with Crippen LogP contribution in [0.25, 0.3) is 0 Å². The average Bonchev–Trinajstić information content (AvgIpc) is 2.78. The van der Waals surface area contributed by atoms with E-state index < -0.39 is 36.2 Å². The van der Waals surface area contributed by atoms with Gasteiger partial charge in [-0.05, 0) is 48.2 Å². The molecule has 2 aromatic rings.